The molecule has 1 aromatic heterocycles. The van der Waals surface area contributed by atoms with Crippen molar-refractivity contribution in [2.75, 3.05) is 13.2 Å². The summed E-state index contributed by atoms with van der Waals surface area (Å²) in [7, 11) is 0. The second kappa shape index (κ2) is 5.59. The van der Waals surface area contributed by atoms with Gasteiger partial charge in [0.1, 0.15) is 12.0 Å². The molecule has 0 bridgehead atoms. The van der Waals surface area contributed by atoms with Crippen molar-refractivity contribution in [3.63, 3.8) is 0 Å². The zero-order chi connectivity index (χ0) is 18.7. The quantitative estimate of drug-likeness (QED) is 0.785. The largest absolute Gasteiger partial charge is 0.481 e. The first kappa shape index (κ1) is 17.6. The van der Waals surface area contributed by atoms with Crippen LogP contribution in [0.15, 0.2) is 16.9 Å². The normalized spacial score (nSPS) is 42.0. The van der Waals surface area contributed by atoms with E-state index in [2.05, 4.69) is 0 Å². The molecule has 3 aliphatic rings. The lowest BCUT2D eigenvalue weighted by atomic mass is 9.43. The molecule has 0 aromatic carbocycles. The minimum atomic E-state index is -1.11. The van der Waals surface area contributed by atoms with E-state index in [9.17, 15) is 19.8 Å². The smallest absolute Gasteiger partial charge is 0.313 e. The zero-order valence-corrected chi connectivity index (χ0v) is 15.3. The van der Waals surface area contributed by atoms with Gasteiger partial charge >= 0.3 is 11.9 Å². The molecular weight excluding hydrogens is 336 g/mol. The van der Waals surface area contributed by atoms with E-state index in [0.29, 0.717) is 12.8 Å². The molecule has 1 saturated heterocycles. The van der Waals surface area contributed by atoms with Gasteiger partial charge in [-0.1, -0.05) is 6.92 Å². The van der Waals surface area contributed by atoms with E-state index in [-0.39, 0.29) is 37.4 Å². The number of hydrogen-bond acceptors (Lipinski definition) is 5. The van der Waals surface area contributed by atoms with Crippen molar-refractivity contribution in [3.8, 4) is 0 Å². The summed E-state index contributed by atoms with van der Waals surface area (Å²) in [5.41, 5.74) is 0.0197. The summed E-state index contributed by atoms with van der Waals surface area (Å²) in [6, 6.07) is 0. The lowest BCUT2D eigenvalue weighted by Gasteiger charge is -2.60. The predicted molar refractivity (Wildman–Crippen MR) is 91.4 cm³/mol. The van der Waals surface area contributed by atoms with Gasteiger partial charge in [-0.2, -0.15) is 0 Å². The molecular formula is C20H26O6. The van der Waals surface area contributed by atoms with Crippen LogP contribution in [-0.2, 0) is 26.2 Å². The number of aryl methyl sites for hydroxylation is 1. The first-order chi connectivity index (χ1) is 12.3. The predicted octanol–water partition coefficient (Wildman–Crippen LogP) is 2.53. The van der Waals surface area contributed by atoms with E-state index >= 15 is 0 Å². The molecule has 2 aliphatic carbocycles. The Bertz CT molecular complexity index is 753. The number of carboxylic acids is 1. The molecule has 1 saturated carbocycles. The number of aliphatic carboxylic acids is 1. The average Bonchev–Trinajstić information content (AvgIpc) is 3.05. The molecule has 0 amide bonds. The summed E-state index contributed by atoms with van der Waals surface area (Å²) in [5.74, 6) is -1.43. The molecule has 5 atom stereocenters. The Balaban J connectivity index is 1.87. The number of carboxylic acid groups (broad SMARTS) is 1. The highest BCUT2D eigenvalue weighted by molar-refractivity contribution is 5.78. The fourth-order valence-corrected chi connectivity index (χ4v) is 6.43. The highest BCUT2D eigenvalue weighted by Gasteiger charge is 2.64. The van der Waals surface area contributed by atoms with Gasteiger partial charge in [0.2, 0.25) is 0 Å². The first-order valence-corrected chi connectivity index (χ1v) is 9.33. The molecule has 1 aromatic rings. The maximum Gasteiger partial charge on any atom is 0.313 e. The van der Waals surface area contributed by atoms with Crippen LogP contribution in [0.1, 0.15) is 50.7 Å². The van der Waals surface area contributed by atoms with Gasteiger partial charge < -0.3 is 19.4 Å². The molecule has 0 unspecified atom stereocenters. The number of carbonyl (C=O) groups is 2. The summed E-state index contributed by atoms with van der Waals surface area (Å²) in [6.45, 7) is 3.63. The Morgan fingerprint density at radius 1 is 1.27 bits per heavy atom. The number of fused-ring (bicyclic) bond motifs is 5. The van der Waals surface area contributed by atoms with Gasteiger partial charge in [-0.25, -0.2) is 0 Å². The molecule has 2 fully saturated rings. The maximum absolute atomic E-state index is 12.4. The first-order valence-electron chi connectivity index (χ1n) is 9.33. The second-order valence-electron chi connectivity index (χ2n) is 8.87. The van der Waals surface area contributed by atoms with Gasteiger partial charge in [-0.15, -0.1) is 0 Å². The van der Waals surface area contributed by atoms with E-state index in [4.69, 9.17) is 9.15 Å². The molecule has 6 heteroatoms. The van der Waals surface area contributed by atoms with Crippen LogP contribution in [0.3, 0.4) is 0 Å². The van der Waals surface area contributed by atoms with E-state index in [1.54, 1.807) is 19.5 Å². The number of ether oxygens (including phenoxy) is 1. The fraction of sp³-hybridized carbons (Fsp3) is 0.700. The molecule has 26 heavy (non-hydrogen) atoms. The molecule has 0 radical (unpaired) electrons. The Morgan fingerprint density at radius 3 is 2.73 bits per heavy atom. The molecule has 2 heterocycles. The third-order valence-corrected chi connectivity index (χ3v) is 7.72. The number of esters is 1. The SMILES string of the molecule is C[C@]12CC(=O)OC[C@@](C)(C(=O)O)[C@H]1CC[C@@]1(CO)c3cocc3CC[C@@H]12. The van der Waals surface area contributed by atoms with E-state index in [0.717, 1.165) is 24.0 Å². The van der Waals surface area contributed by atoms with Crippen molar-refractivity contribution in [1.82, 2.24) is 0 Å². The number of aliphatic hydroxyl groups is 1. The highest BCUT2D eigenvalue weighted by atomic mass is 16.5. The molecule has 2 N–H and O–H groups in total. The fourth-order valence-electron chi connectivity index (χ4n) is 6.43. The van der Waals surface area contributed by atoms with Crippen LogP contribution in [0.2, 0.25) is 0 Å². The summed E-state index contributed by atoms with van der Waals surface area (Å²) in [5, 5.41) is 20.4. The number of aliphatic hydroxyl groups excluding tert-OH is 1. The summed E-state index contributed by atoms with van der Waals surface area (Å²) in [4.78, 5) is 24.6. The standard InChI is InChI=1S/C20H26O6/c1-18-7-16(22)26-11-19(2,17(23)24)14(18)5-6-20(10-21)13-9-25-8-12(13)3-4-15(18)20/h8-9,14-15,21H,3-7,10-11H2,1-2H3,(H,23,24)/t14-,15+,18-,19+,20+/m0/s1. The molecule has 1 aliphatic heterocycles. The Kier molecular flexibility index (Phi) is 3.78. The molecule has 142 valence electrons. The van der Waals surface area contributed by atoms with Crippen molar-refractivity contribution in [3.05, 3.63) is 23.7 Å². The molecule has 6 nitrogen and oxygen atoms in total. The number of rotatable bonds is 2. The third kappa shape index (κ3) is 2.08. The summed E-state index contributed by atoms with van der Waals surface area (Å²) < 4.78 is 10.8. The van der Waals surface area contributed by atoms with Gasteiger partial charge in [-0.3, -0.25) is 9.59 Å². The molecule has 0 spiro atoms. The summed E-state index contributed by atoms with van der Waals surface area (Å²) >= 11 is 0. The number of carbonyl (C=O) groups excluding carboxylic acids is 1. The monoisotopic (exact) mass is 362 g/mol. The summed E-state index contributed by atoms with van der Waals surface area (Å²) in [6.07, 6.45) is 6.63. The van der Waals surface area contributed by atoms with Crippen molar-refractivity contribution < 1.29 is 29.0 Å². The number of cyclic esters (lactones) is 1. The highest BCUT2D eigenvalue weighted by Crippen LogP contribution is 2.64. The minimum Gasteiger partial charge on any atom is -0.481 e. The second-order valence-corrected chi connectivity index (χ2v) is 8.87. The van der Waals surface area contributed by atoms with Gasteiger partial charge in [0.25, 0.3) is 0 Å². The van der Waals surface area contributed by atoms with Gasteiger partial charge in [0.05, 0.1) is 25.6 Å². The van der Waals surface area contributed by atoms with Crippen molar-refractivity contribution >= 4 is 11.9 Å². The van der Waals surface area contributed by atoms with Crippen LogP contribution in [0.25, 0.3) is 0 Å². The van der Waals surface area contributed by atoms with Crippen LogP contribution in [-0.4, -0.2) is 35.4 Å². The average molecular weight is 362 g/mol. The van der Waals surface area contributed by atoms with Gasteiger partial charge in [0.15, 0.2) is 0 Å². The van der Waals surface area contributed by atoms with E-state index < -0.39 is 22.2 Å². The van der Waals surface area contributed by atoms with E-state index in [1.807, 2.05) is 6.92 Å². The van der Waals surface area contributed by atoms with Crippen molar-refractivity contribution in [2.24, 2.45) is 22.7 Å². The van der Waals surface area contributed by atoms with Crippen LogP contribution in [0.5, 0.6) is 0 Å². The Hall–Kier alpha value is -1.82. The lowest BCUT2D eigenvalue weighted by molar-refractivity contribution is -0.165. The third-order valence-electron chi connectivity index (χ3n) is 7.72. The zero-order valence-electron chi connectivity index (χ0n) is 15.3. The van der Waals surface area contributed by atoms with Crippen molar-refractivity contribution in [2.45, 2.75) is 51.4 Å². The van der Waals surface area contributed by atoms with Gasteiger partial charge in [-0.05, 0) is 55.4 Å². The van der Waals surface area contributed by atoms with Crippen LogP contribution in [0.4, 0.5) is 0 Å². The molecule has 4 rings (SSSR count). The number of furan rings is 1. The maximum atomic E-state index is 12.4. The van der Waals surface area contributed by atoms with Crippen molar-refractivity contribution in [1.29, 1.82) is 0 Å². The minimum absolute atomic E-state index is 0.00757. The van der Waals surface area contributed by atoms with Crippen LogP contribution in [0, 0.1) is 22.7 Å². The number of hydrogen-bond donors (Lipinski definition) is 2. The topological polar surface area (TPSA) is 97.0 Å². The lowest BCUT2D eigenvalue weighted by Crippen LogP contribution is -2.60. The van der Waals surface area contributed by atoms with Crippen LogP contribution < -0.4 is 0 Å². The Labute approximate surface area is 152 Å². The van der Waals surface area contributed by atoms with E-state index in [1.165, 1.54) is 0 Å². The van der Waals surface area contributed by atoms with Gasteiger partial charge in [0, 0.05) is 11.0 Å². The van der Waals surface area contributed by atoms with Crippen LogP contribution >= 0.6 is 0 Å². The Morgan fingerprint density at radius 2 is 2.04 bits per heavy atom.